The van der Waals surface area contributed by atoms with Gasteiger partial charge in [0.15, 0.2) is 0 Å². The van der Waals surface area contributed by atoms with Crippen molar-refractivity contribution in [1.82, 2.24) is 20.2 Å². The number of hydrogen-bond donors (Lipinski definition) is 2. The minimum atomic E-state index is -0.549. The summed E-state index contributed by atoms with van der Waals surface area (Å²) >= 11 is 0. The summed E-state index contributed by atoms with van der Waals surface area (Å²) in [7, 11) is 3.16. The number of carbonyl (C=O) groups excluding carboxylic acids is 2. The molecule has 0 fully saturated rings. The fraction of sp³-hybridized carbons (Fsp3) is 0.267. The van der Waals surface area contributed by atoms with E-state index in [0.29, 0.717) is 17.0 Å². The van der Waals surface area contributed by atoms with Gasteiger partial charge in [-0.3, -0.25) is 9.59 Å². The Hall–Kier alpha value is -2.63. The zero-order valence-electron chi connectivity index (χ0n) is 12.3. The molecule has 1 atom stereocenters. The maximum atomic E-state index is 12.6. The molecule has 6 heteroatoms. The molecule has 0 spiro atoms. The number of nitrogens with one attached hydrogen (secondary N) is 2. The molecule has 1 heterocycles. The molecule has 21 heavy (non-hydrogen) atoms. The molecule has 0 radical (unpaired) electrons. The Morgan fingerprint density at radius 2 is 2.05 bits per heavy atom. The number of imidazole rings is 1. The van der Waals surface area contributed by atoms with Crippen molar-refractivity contribution in [2.45, 2.75) is 13.0 Å². The summed E-state index contributed by atoms with van der Waals surface area (Å²) in [5.41, 5.74) is 1.22. The number of amides is 2. The van der Waals surface area contributed by atoms with Gasteiger partial charge < -0.3 is 15.2 Å². The summed E-state index contributed by atoms with van der Waals surface area (Å²) in [6, 6.07) is 6.64. The number of H-pyrrole nitrogens is 1. The number of rotatable bonds is 4. The average molecular weight is 286 g/mol. The summed E-state index contributed by atoms with van der Waals surface area (Å²) in [5.74, 6) is 0.194. The summed E-state index contributed by atoms with van der Waals surface area (Å²) in [4.78, 5) is 32.9. The molecule has 0 bridgehead atoms. The Bertz CT molecular complexity index is 637. The molecule has 1 aromatic heterocycles. The fourth-order valence-electron chi connectivity index (χ4n) is 2.04. The van der Waals surface area contributed by atoms with E-state index < -0.39 is 6.04 Å². The van der Waals surface area contributed by atoms with Crippen LogP contribution in [0, 0.1) is 0 Å². The van der Waals surface area contributed by atoms with E-state index in [4.69, 9.17) is 0 Å². The number of aromatic nitrogens is 2. The Labute approximate surface area is 123 Å². The van der Waals surface area contributed by atoms with E-state index in [0.717, 1.165) is 0 Å². The third-order valence-electron chi connectivity index (χ3n) is 3.44. The van der Waals surface area contributed by atoms with Crippen LogP contribution >= 0.6 is 0 Å². The highest BCUT2D eigenvalue weighted by atomic mass is 16.2. The molecule has 1 aromatic carbocycles. The van der Waals surface area contributed by atoms with E-state index in [9.17, 15) is 9.59 Å². The van der Waals surface area contributed by atoms with Gasteiger partial charge in [0.2, 0.25) is 5.91 Å². The molecule has 1 unspecified atom stereocenters. The van der Waals surface area contributed by atoms with Crippen LogP contribution in [-0.4, -0.2) is 46.8 Å². The molecular weight excluding hydrogens is 268 g/mol. The van der Waals surface area contributed by atoms with Crippen molar-refractivity contribution in [1.29, 1.82) is 0 Å². The first-order valence-corrected chi connectivity index (χ1v) is 6.63. The number of hydrogen-bond acceptors (Lipinski definition) is 3. The van der Waals surface area contributed by atoms with Gasteiger partial charge in [0.05, 0.1) is 5.56 Å². The number of nitrogens with zero attached hydrogens (tertiary/aromatic N) is 2. The molecule has 0 aliphatic carbocycles. The summed E-state index contributed by atoms with van der Waals surface area (Å²) in [6.07, 6.45) is 3.33. The molecule has 0 saturated heterocycles. The Morgan fingerprint density at radius 1 is 1.33 bits per heavy atom. The summed E-state index contributed by atoms with van der Waals surface area (Å²) in [6.45, 7) is 1.69. The van der Waals surface area contributed by atoms with Crippen molar-refractivity contribution in [3.63, 3.8) is 0 Å². The van der Waals surface area contributed by atoms with Crippen molar-refractivity contribution in [2.75, 3.05) is 14.1 Å². The lowest BCUT2D eigenvalue weighted by Crippen LogP contribution is -2.45. The largest absolute Gasteiger partial charge is 0.357 e. The smallest absolute Gasteiger partial charge is 0.255 e. The lowest BCUT2D eigenvalue weighted by molar-refractivity contribution is -0.124. The van der Waals surface area contributed by atoms with Crippen molar-refractivity contribution in [3.05, 3.63) is 42.2 Å². The van der Waals surface area contributed by atoms with Crippen molar-refractivity contribution < 1.29 is 9.59 Å². The van der Waals surface area contributed by atoms with E-state index >= 15 is 0 Å². The zero-order valence-corrected chi connectivity index (χ0v) is 12.3. The van der Waals surface area contributed by atoms with Crippen LogP contribution in [0.4, 0.5) is 0 Å². The maximum Gasteiger partial charge on any atom is 0.255 e. The number of likely N-dealkylation sites (N-methyl/N-ethyl adjacent to an activating group) is 2. The monoisotopic (exact) mass is 286 g/mol. The average Bonchev–Trinajstić information content (AvgIpc) is 3.06. The number of aromatic amines is 1. The van der Waals surface area contributed by atoms with Crippen LogP contribution in [0.15, 0.2) is 36.7 Å². The fourth-order valence-corrected chi connectivity index (χ4v) is 2.04. The molecule has 6 nitrogen and oxygen atoms in total. The van der Waals surface area contributed by atoms with E-state index in [1.54, 1.807) is 45.5 Å². The topological polar surface area (TPSA) is 78.1 Å². The van der Waals surface area contributed by atoms with E-state index in [1.807, 2.05) is 12.1 Å². The number of carbonyl (C=O) groups is 2. The van der Waals surface area contributed by atoms with Crippen LogP contribution in [0.1, 0.15) is 17.3 Å². The van der Waals surface area contributed by atoms with Crippen LogP contribution in [0.5, 0.6) is 0 Å². The Balaban J connectivity index is 2.34. The predicted molar refractivity (Wildman–Crippen MR) is 79.6 cm³/mol. The molecule has 0 saturated carbocycles. The first-order valence-electron chi connectivity index (χ1n) is 6.63. The highest BCUT2D eigenvalue weighted by Gasteiger charge is 2.24. The van der Waals surface area contributed by atoms with Gasteiger partial charge in [0, 0.05) is 32.1 Å². The Kier molecular flexibility index (Phi) is 4.37. The second-order valence-electron chi connectivity index (χ2n) is 4.69. The van der Waals surface area contributed by atoms with Crippen molar-refractivity contribution in [2.24, 2.45) is 0 Å². The molecule has 0 aliphatic heterocycles. The van der Waals surface area contributed by atoms with Crippen LogP contribution in [0.2, 0.25) is 0 Å². The lowest BCUT2D eigenvalue weighted by Gasteiger charge is -2.24. The Morgan fingerprint density at radius 3 is 2.67 bits per heavy atom. The van der Waals surface area contributed by atoms with E-state index in [1.165, 1.54) is 4.90 Å². The maximum absolute atomic E-state index is 12.6. The lowest BCUT2D eigenvalue weighted by atomic mass is 10.1. The highest BCUT2D eigenvalue weighted by molar-refractivity contribution is 6.02. The van der Waals surface area contributed by atoms with E-state index in [2.05, 4.69) is 15.3 Å². The van der Waals surface area contributed by atoms with Crippen molar-refractivity contribution in [3.8, 4) is 11.4 Å². The molecular formula is C15H18N4O2. The van der Waals surface area contributed by atoms with Crippen LogP contribution in [0.25, 0.3) is 11.4 Å². The highest BCUT2D eigenvalue weighted by Crippen LogP contribution is 2.21. The summed E-state index contributed by atoms with van der Waals surface area (Å²) in [5, 5.41) is 2.54. The third kappa shape index (κ3) is 2.94. The standard InChI is InChI=1S/C15H18N4O2/c1-10(14(20)16-2)19(3)15(21)12-7-5-4-6-11(12)13-17-8-9-18-13/h4-10H,1-3H3,(H,16,20)(H,17,18). The summed E-state index contributed by atoms with van der Waals surface area (Å²) < 4.78 is 0. The molecule has 110 valence electrons. The van der Waals surface area contributed by atoms with Crippen LogP contribution in [-0.2, 0) is 4.79 Å². The number of benzene rings is 1. The van der Waals surface area contributed by atoms with Gasteiger partial charge in [-0.25, -0.2) is 4.98 Å². The second kappa shape index (κ2) is 6.21. The molecule has 2 aromatic rings. The van der Waals surface area contributed by atoms with E-state index in [-0.39, 0.29) is 11.8 Å². The molecule has 0 aliphatic rings. The van der Waals surface area contributed by atoms with Crippen LogP contribution < -0.4 is 5.32 Å². The van der Waals surface area contributed by atoms with Gasteiger partial charge in [0.25, 0.3) is 5.91 Å². The zero-order chi connectivity index (χ0) is 15.4. The predicted octanol–water partition coefficient (Wildman–Crippen LogP) is 1.28. The van der Waals surface area contributed by atoms with Gasteiger partial charge in [0.1, 0.15) is 11.9 Å². The van der Waals surface area contributed by atoms with Gasteiger partial charge in [-0.15, -0.1) is 0 Å². The van der Waals surface area contributed by atoms with Gasteiger partial charge in [-0.1, -0.05) is 18.2 Å². The first kappa shape index (κ1) is 14.8. The quantitative estimate of drug-likeness (QED) is 0.889. The van der Waals surface area contributed by atoms with Crippen molar-refractivity contribution >= 4 is 11.8 Å². The third-order valence-corrected chi connectivity index (χ3v) is 3.44. The molecule has 2 amide bonds. The van der Waals surface area contributed by atoms with Crippen LogP contribution in [0.3, 0.4) is 0 Å². The minimum Gasteiger partial charge on any atom is -0.357 e. The van der Waals surface area contributed by atoms with Gasteiger partial charge in [-0.05, 0) is 13.0 Å². The second-order valence-corrected chi connectivity index (χ2v) is 4.69. The van der Waals surface area contributed by atoms with Gasteiger partial charge >= 0.3 is 0 Å². The van der Waals surface area contributed by atoms with Gasteiger partial charge in [-0.2, -0.15) is 0 Å². The normalized spacial score (nSPS) is 11.8. The molecule has 2 rings (SSSR count). The molecule has 2 N–H and O–H groups in total. The first-order chi connectivity index (χ1) is 10.1. The SMILES string of the molecule is CNC(=O)C(C)N(C)C(=O)c1ccccc1-c1ncc[nH]1. The minimum absolute atomic E-state index is 0.207.